The Bertz CT molecular complexity index is 676. The molecule has 2 heterocycles. The first-order chi connectivity index (χ1) is 9.12. The van der Waals surface area contributed by atoms with Crippen molar-refractivity contribution in [3.63, 3.8) is 0 Å². The lowest BCUT2D eigenvalue weighted by Gasteiger charge is -2.07. The number of aromatic nitrogens is 4. The quantitative estimate of drug-likeness (QED) is 0.862. The molecule has 0 bridgehead atoms. The highest BCUT2D eigenvalue weighted by atomic mass is 16.2. The van der Waals surface area contributed by atoms with Crippen LogP contribution in [-0.2, 0) is 6.54 Å². The summed E-state index contributed by atoms with van der Waals surface area (Å²) in [4.78, 5) is 33.5. The van der Waals surface area contributed by atoms with Crippen LogP contribution in [-0.4, -0.2) is 19.5 Å². The van der Waals surface area contributed by atoms with Crippen molar-refractivity contribution in [2.75, 3.05) is 0 Å². The molecule has 0 aliphatic rings. The van der Waals surface area contributed by atoms with Crippen LogP contribution in [0.15, 0.2) is 9.59 Å². The molecule has 0 unspecified atom stereocenters. The summed E-state index contributed by atoms with van der Waals surface area (Å²) in [6, 6.07) is 0. The molecule has 0 aliphatic carbocycles. The number of nitrogens with zero attached hydrogens (tertiary/aromatic N) is 2. The van der Waals surface area contributed by atoms with Gasteiger partial charge in [0.15, 0.2) is 5.65 Å². The van der Waals surface area contributed by atoms with Gasteiger partial charge in [-0.2, -0.15) is 0 Å². The van der Waals surface area contributed by atoms with Crippen LogP contribution >= 0.6 is 0 Å². The number of rotatable bonds is 5. The van der Waals surface area contributed by atoms with Crippen LogP contribution in [0, 0.1) is 0 Å². The minimum Gasteiger partial charge on any atom is -0.336 e. The number of H-pyrrole nitrogens is 2. The lowest BCUT2D eigenvalue weighted by molar-refractivity contribution is 0.607. The number of aromatic amines is 2. The van der Waals surface area contributed by atoms with E-state index in [0.29, 0.717) is 17.7 Å². The highest BCUT2D eigenvalue weighted by Crippen LogP contribution is 2.21. The normalized spacial score (nSPS) is 11.6. The van der Waals surface area contributed by atoms with Gasteiger partial charge < -0.3 is 4.98 Å². The fraction of sp³-hybridized carbons (Fsp3) is 0.615. The largest absolute Gasteiger partial charge is 0.336 e. The Balaban J connectivity index is 2.70. The summed E-state index contributed by atoms with van der Waals surface area (Å²) < 4.78 is 1.53. The number of hydrogen-bond donors (Lipinski definition) is 2. The van der Waals surface area contributed by atoms with Crippen molar-refractivity contribution in [2.45, 2.75) is 52.5 Å². The van der Waals surface area contributed by atoms with Crippen LogP contribution in [0.5, 0.6) is 0 Å². The van der Waals surface area contributed by atoms with Crippen molar-refractivity contribution in [3.8, 4) is 0 Å². The standard InChI is InChI=1S/C13H20N4O2/c1-4-7-17-11-9(12(18)16-13(17)19)14-10(15-11)8(5-2)6-3/h8H,4-7H2,1-3H3,(H,14,15)(H,16,18,19). The maximum atomic E-state index is 11.8. The Kier molecular flexibility index (Phi) is 3.87. The zero-order valence-electron chi connectivity index (χ0n) is 11.6. The molecular formula is C13H20N4O2. The summed E-state index contributed by atoms with van der Waals surface area (Å²) in [5.41, 5.74) is 0.0893. The summed E-state index contributed by atoms with van der Waals surface area (Å²) >= 11 is 0. The Labute approximate surface area is 110 Å². The van der Waals surface area contributed by atoms with Crippen LogP contribution in [0.3, 0.4) is 0 Å². The van der Waals surface area contributed by atoms with Crippen LogP contribution < -0.4 is 11.2 Å². The van der Waals surface area contributed by atoms with Crippen molar-refractivity contribution >= 4 is 11.2 Å². The van der Waals surface area contributed by atoms with E-state index in [1.165, 1.54) is 4.57 Å². The molecule has 6 heteroatoms. The highest BCUT2D eigenvalue weighted by Gasteiger charge is 2.16. The molecule has 104 valence electrons. The van der Waals surface area contributed by atoms with Crippen molar-refractivity contribution in [2.24, 2.45) is 0 Å². The fourth-order valence-corrected chi connectivity index (χ4v) is 2.36. The average molecular weight is 264 g/mol. The molecule has 2 aromatic heterocycles. The third-order valence-corrected chi connectivity index (χ3v) is 3.47. The molecule has 2 aromatic rings. The Morgan fingerprint density at radius 3 is 2.42 bits per heavy atom. The van der Waals surface area contributed by atoms with Crippen molar-refractivity contribution in [1.82, 2.24) is 19.5 Å². The monoisotopic (exact) mass is 264 g/mol. The first-order valence-corrected chi connectivity index (χ1v) is 6.85. The molecule has 0 fully saturated rings. The van der Waals surface area contributed by atoms with Gasteiger partial charge in [-0.3, -0.25) is 14.3 Å². The summed E-state index contributed by atoms with van der Waals surface area (Å²) in [6.45, 7) is 6.71. The van der Waals surface area contributed by atoms with E-state index in [0.717, 1.165) is 25.1 Å². The topological polar surface area (TPSA) is 83.5 Å². The average Bonchev–Trinajstić information content (AvgIpc) is 2.81. The molecule has 6 nitrogen and oxygen atoms in total. The summed E-state index contributed by atoms with van der Waals surface area (Å²) in [6.07, 6.45) is 2.71. The van der Waals surface area contributed by atoms with E-state index in [1.54, 1.807) is 0 Å². The summed E-state index contributed by atoms with van der Waals surface area (Å²) in [7, 11) is 0. The number of hydrogen-bond acceptors (Lipinski definition) is 3. The molecule has 0 aromatic carbocycles. The fourth-order valence-electron chi connectivity index (χ4n) is 2.36. The second kappa shape index (κ2) is 5.42. The van der Waals surface area contributed by atoms with E-state index >= 15 is 0 Å². The van der Waals surface area contributed by atoms with E-state index in [2.05, 4.69) is 28.8 Å². The first-order valence-electron chi connectivity index (χ1n) is 6.85. The van der Waals surface area contributed by atoms with Crippen molar-refractivity contribution in [3.05, 3.63) is 26.7 Å². The van der Waals surface area contributed by atoms with E-state index < -0.39 is 5.56 Å². The molecule has 0 amide bonds. The van der Waals surface area contributed by atoms with Crippen molar-refractivity contribution < 1.29 is 0 Å². The smallest absolute Gasteiger partial charge is 0.330 e. The lowest BCUT2D eigenvalue weighted by atomic mass is 10.0. The molecule has 2 N–H and O–H groups in total. The summed E-state index contributed by atoms with van der Waals surface area (Å²) in [5, 5.41) is 0. The van der Waals surface area contributed by atoms with Crippen LogP contribution in [0.4, 0.5) is 0 Å². The zero-order chi connectivity index (χ0) is 14.0. The van der Waals surface area contributed by atoms with E-state index in [4.69, 9.17) is 0 Å². The lowest BCUT2D eigenvalue weighted by Crippen LogP contribution is -2.30. The molecule has 0 atom stereocenters. The van der Waals surface area contributed by atoms with Gasteiger partial charge in [0.25, 0.3) is 5.56 Å². The predicted molar refractivity (Wildman–Crippen MR) is 74.6 cm³/mol. The van der Waals surface area contributed by atoms with E-state index in [-0.39, 0.29) is 11.6 Å². The number of aryl methyl sites for hydroxylation is 1. The van der Waals surface area contributed by atoms with E-state index in [9.17, 15) is 9.59 Å². The van der Waals surface area contributed by atoms with Gasteiger partial charge in [-0.1, -0.05) is 20.8 Å². The predicted octanol–water partition coefficient (Wildman–Crippen LogP) is 1.73. The molecule has 0 spiro atoms. The minimum atomic E-state index is -0.392. The maximum Gasteiger partial charge on any atom is 0.330 e. The van der Waals surface area contributed by atoms with Gasteiger partial charge in [0.05, 0.1) is 0 Å². The van der Waals surface area contributed by atoms with Gasteiger partial charge >= 0.3 is 5.69 Å². The molecule has 0 saturated heterocycles. The maximum absolute atomic E-state index is 11.8. The van der Waals surface area contributed by atoms with Crippen LogP contribution in [0.2, 0.25) is 0 Å². The number of nitrogens with one attached hydrogen (secondary N) is 2. The third kappa shape index (κ3) is 2.34. The molecular weight excluding hydrogens is 244 g/mol. The molecule has 0 saturated carbocycles. The molecule has 19 heavy (non-hydrogen) atoms. The molecule has 0 aliphatic heterocycles. The van der Waals surface area contributed by atoms with Crippen molar-refractivity contribution in [1.29, 1.82) is 0 Å². The van der Waals surface area contributed by atoms with Gasteiger partial charge in [0.1, 0.15) is 11.3 Å². The zero-order valence-corrected chi connectivity index (χ0v) is 11.6. The highest BCUT2D eigenvalue weighted by molar-refractivity contribution is 5.69. The Morgan fingerprint density at radius 2 is 1.84 bits per heavy atom. The van der Waals surface area contributed by atoms with E-state index in [1.807, 2.05) is 6.92 Å². The summed E-state index contributed by atoms with van der Waals surface area (Å²) in [5.74, 6) is 1.08. The molecule has 0 radical (unpaired) electrons. The third-order valence-electron chi connectivity index (χ3n) is 3.47. The Hall–Kier alpha value is -1.85. The second-order valence-electron chi connectivity index (χ2n) is 4.74. The van der Waals surface area contributed by atoms with Gasteiger partial charge in [-0.05, 0) is 19.3 Å². The van der Waals surface area contributed by atoms with Gasteiger partial charge in [0.2, 0.25) is 0 Å². The van der Waals surface area contributed by atoms with Gasteiger partial charge in [-0.15, -0.1) is 0 Å². The minimum absolute atomic E-state index is 0.289. The number of fused-ring (bicyclic) bond motifs is 1. The SMILES string of the molecule is CCCn1c(=O)[nH]c(=O)c2[nH]c(C(CC)CC)nc21. The number of imidazole rings is 1. The second-order valence-corrected chi connectivity index (χ2v) is 4.74. The van der Waals surface area contributed by atoms with Gasteiger partial charge in [0, 0.05) is 12.5 Å². The Morgan fingerprint density at radius 1 is 1.16 bits per heavy atom. The molecule has 2 rings (SSSR count). The van der Waals surface area contributed by atoms with Gasteiger partial charge in [-0.25, -0.2) is 9.78 Å². The first kappa shape index (κ1) is 13.6. The van der Waals surface area contributed by atoms with Crippen LogP contribution in [0.1, 0.15) is 51.8 Å². The van der Waals surface area contributed by atoms with Crippen LogP contribution in [0.25, 0.3) is 11.2 Å².